The Kier molecular flexibility index (Phi) is 9.61. The highest BCUT2D eigenvalue weighted by molar-refractivity contribution is 6.28. The third-order valence-electron chi connectivity index (χ3n) is 16.4. The third kappa shape index (κ3) is 6.79. The molecule has 0 saturated heterocycles. The van der Waals surface area contributed by atoms with Crippen LogP contribution in [-0.2, 0) is 0 Å². The summed E-state index contributed by atoms with van der Waals surface area (Å²) >= 11 is 0. The van der Waals surface area contributed by atoms with E-state index in [1.54, 1.807) is 0 Å². The van der Waals surface area contributed by atoms with Crippen LogP contribution in [0.4, 0.5) is 34.1 Å². The quantitative estimate of drug-likeness (QED) is 0.152. The molecule has 6 heteroatoms. The van der Waals surface area contributed by atoms with E-state index < -0.39 is 0 Å². The molecule has 17 rings (SSSR count). The van der Waals surface area contributed by atoms with Crippen LogP contribution in [0.5, 0.6) is 0 Å². The van der Waals surface area contributed by atoms with Crippen molar-refractivity contribution in [2.45, 2.75) is 0 Å². The topological polar surface area (TPSA) is 42.6 Å². The first-order valence-electron chi connectivity index (χ1n) is 27.2. The first-order valence-corrected chi connectivity index (χ1v) is 27.2. The van der Waals surface area contributed by atoms with Gasteiger partial charge >= 0.3 is 0 Å². The Balaban J connectivity index is 0.771. The van der Waals surface area contributed by atoms with Crippen LogP contribution < -0.4 is 9.80 Å². The monoisotopic (exact) mass is 1020 g/mol. The molecule has 0 aliphatic rings. The van der Waals surface area contributed by atoms with Crippen LogP contribution in [0.15, 0.2) is 288 Å². The van der Waals surface area contributed by atoms with Crippen LogP contribution in [0.1, 0.15) is 0 Å². The number of furan rings is 2. The van der Waals surface area contributed by atoms with Gasteiger partial charge in [-0.15, -0.1) is 0 Å². The molecule has 80 heavy (non-hydrogen) atoms. The summed E-state index contributed by atoms with van der Waals surface area (Å²) in [5.74, 6) is 0. The van der Waals surface area contributed by atoms with Gasteiger partial charge in [-0.25, -0.2) is 0 Å². The van der Waals surface area contributed by atoms with Crippen LogP contribution in [0.2, 0.25) is 0 Å². The van der Waals surface area contributed by atoms with E-state index in [2.05, 4.69) is 298 Å². The summed E-state index contributed by atoms with van der Waals surface area (Å²) in [6.45, 7) is 0. The first-order chi connectivity index (χ1) is 39.6. The van der Waals surface area contributed by atoms with E-state index in [9.17, 15) is 0 Å². The average molecular weight is 1020 g/mol. The summed E-state index contributed by atoms with van der Waals surface area (Å²) in [5, 5.41) is 13.5. The number of hydrogen-bond acceptors (Lipinski definition) is 4. The Morgan fingerprint density at radius 3 is 1.02 bits per heavy atom. The number of benzene rings is 13. The summed E-state index contributed by atoms with van der Waals surface area (Å²) in [6.07, 6.45) is 0. The van der Waals surface area contributed by atoms with Crippen LogP contribution in [0.25, 0.3) is 120 Å². The molecule has 0 fully saturated rings. The highest BCUT2D eigenvalue weighted by atomic mass is 16.3. The maximum Gasteiger partial charge on any atom is 0.136 e. The van der Waals surface area contributed by atoms with Gasteiger partial charge in [0.25, 0.3) is 0 Å². The fourth-order valence-corrected chi connectivity index (χ4v) is 12.8. The molecule has 4 heterocycles. The summed E-state index contributed by atoms with van der Waals surface area (Å²) in [6, 6.07) is 100. The van der Waals surface area contributed by atoms with Crippen LogP contribution >= 0.6 is 0 Å². The fraction of sp³-hybridized carbons (Fsp3) is 0. The zero-order chi connectivity index (χ0) is 52.4. The molecule has 0 aliphatic heterocycles. The smallest absolute Gasteiger partial charge is 0.136 e. The molecule has 0 amide bonds. The lowest BCUT2D eigenvalue weighted by molar-refractivity contribution is 0.663. The highest BCUT2D eigenvalue weighted by Gasteiger charge is 2.23. The number of rotatable bonds is 8. The maximum atomic E-state index is 6.81. The number of aromatic nitrogens is 2. The fourth-order valence-electron chi connectivity index (χ4n) is 12.8. The summed E-state index contributed by atoms with van der Waals surface area (Å²) in [5.41, 5.74) is 16.8. The van der Waals surface area contributed by atoms with Gasteiger partial charge in [-0.2, -0.15) is 0 Å². The Bertz CT molecular complexity index is 4970. The molecule has 0 radical (unpaired) electrons. The van der Waals surface area contributed by atoms with Gasteiger partial charge in [0.2, 0.25) is 0 Å². The Morgan fingerprint density at radius 2 is 0.588 bits per heavy atom. The molecule has 0 bridgehead atoms. The van der Waals surface area contributed by atoms with Gasteiger partial charge in [0.05, 0.1) is 22.1 Å². The van der Waals surface area contributed by atoms with Gasteiger partial charge < -0.3 is 27.8 Å². The summed E-state index contributed by atoms with van der Waals surface area (Å²) < 4.78 is 18.3. The van der Waals surface area contributed by atoms with E-state index in [1.165, 1.54) is 43.6 Å². The van der Waals surface area contributed by atoms with Crippen molar-refractivity contribution < 1.29 is 8.83 Å². The van der Waals surface area contributed by atoms with Crippen LogP contribution in [0, 0.1) is 0 Å². The van der Waals surface area contributed by atoms with Gasteiger partial charge in [0.15, 0.2) is 0 Å². The van der Waals surface area contributed by atoms with Gasteiger partial charge in [0, 0.05) is 88.6 Å². The van der Waals surface area contributed by atoms with Crippen molar-refractivity contribution in [3.8, 4) is 11.4 Å². The van der Waals surface area contributed by atoms with Crippen molar-refractivity contribution in [1.29, 1.82) is 0 Å². The van der Waals surface area contributed by atoms with Crippen LogP contribution in [0.3, 0.4) is 0 Å². The van der Waals surface area contributed by atoms with Crippen molar-refractivity contribution in [3.63, 3.8) is 0 Å². The zero-order valence-corrected chi connectivity index (χ0v) is 43.2. The highest BCUT2D eigenvalue weighted by Crippen LogP contribution is 2.46. The minimum atomic E-state index is 0.831. The van der Waals surface area contributed by atoms with Gasteiger partial charge in [-0.05, 0) is 179 Å². The van der Waals surface area contributed by atoms with Crippen molar-refractivity contribution in [1.82, 2.24) is 9.13 Å². The second-order valence-electron chi connectivity index (χ2n) is 20.9. The molecule has 0 N–H and O–H groups in total. The van der Waals surface area contributed by atoms with Gasteiger partial charge in [-0.3, -0.25) is 0 Å². The predicted octanol–water partition coefficient (Wildman–Crippen LogP) is 20.9. The molecule has 0 atom stereocenters. The molecule has 374 valence electrons. The molecule has 13 aromatic carbocycles. The molecule has 0 aliphatic carbocycles. The van der Waals surface area contributed by atoms with Crippen molar-refractivity contribution in [3.05, 3.63) is 279 Å². The molecule has 0 unspecified atom stereocenters. The maximum absolute atomic E-state index is 6.81. The molecule has 0 spiro atoms. The van der Waals surface area contributed by atoms with Crippen molar-refractivity contribution in [2.75, 3.05) is 9.80 Å². The minimum Gasteiger partial charge on any atom is -0.456 e. The van der Waals surface area contributed by atoms with E-state index in [1.807, 2.05) is 0 Å². The summed E-state index contributed by atoms with van der Waals surface area (Å²) in [4.78, 5) is 4.71. The minimum absolute atomic E-state index is 0.831. The van der Waals surface area contributed by atoms with Crippen LogP contribution in [-0.4, -0.2) is 9.13 Å². The zero-order valence-electron chi connectivity index (χ0n) is 43.2. The Labute approximate surface area is 459 Å². The lowest BCUT2D eigenvalue weighted by atomic mass is 10.0. The van der Waals surface area contributed by atoms with Gasteiger partial charge in [0.1, 0.15) is 22.3 Å². The first kappa shape index (κ1) is 44.3. The van der Waals surface area contributed by atoms with Gasteiger partial charge in [-0.1, -0.05) is 121 Å². The van der Waals surface area contributed by atoms with E-state index in [0.29, 0.717) is 0 Å². The lowest BCUT2D eigenvalue weighted by Gasteiger charge is -2.26. The van der Waals surface area contributed by atoms with E-state index in [-0.39, 0.29) is 0 Å². The van der Waals surface area contributed by atoms with Crippen molar-refractivity contribution in [2.24, 2.45) is 0 Å². The SMILES string of the molecule is c1ccc(N(c2ccc3cc4c(cc3c2)oc2ccc3oc5cc6cc(N(c7ccccc7)c7ccc8c(c7)c7ccccc7n8-c7ccccc7)ccc6cc5c3c24)c2ccc3c(c2)c2ccccc2n3-c2ccccc2)cc1. The lowest BCUT2D eigenvalue weighted by Crippen LogP contribution is -2.09. The second kappa shape index (κ2) is 17.3. The Hall–Kier alpha value is -10.8. The Morgan fingerprint density at radius 1 is 0.225 bits per heavy atom. The molecule has 17 aromatic rings. The van der Waals surface area contributed by atoms with E-state index in [4.69, 9.17) is 8.83 Å². The number of anilines is 6. The molecule has 0 saturated carbocycles. The van der Waals surface area contributed by atoms with Crippen molar-refractivity contribution >= 4 is 143 Å². The number of fused-ring (bicyclic) bond motifs is 15. The third-order valence-corrected chi connectivity index (χ3v) is 16.4. The van der Waals surface area contributed by atoms with E-state index in [0.717, 1.165) is 111 Å². The van der Waals surface area contributed by atoms with E-state index >= 15 is 0 Å². The molecule has 6 nitrogen and oxygen atoms in total. The molecule has 4 aromatic heterocycles. The second-order valence-corrected chi connectivity index (χ2v) is 20.9. The number of para-hydroxylation sites is 6. The predicted molar refractivity (Wildman–Crippen MR) is 334 cm³/mol. The number of hydrogen-bond donors (Lipinski definition) is 0. The normalized spacial score (nSPS) is 12.0. The average Bonchev–Trinajstić information content (AvgIpc) is 4.44. The largest absolute Gasteiger partial charge is 0.456 e. The number of nitrogens with zero attached hydrogens (tertiary/aromatic N) is 4. The standard InChI is InChI=1S/C74H46N4O2/c1-5-17-51(18-6-1)75(57-33-35-67-61(45-57)59-25-13-15-27-65(59)77(67)53-21-9-3-10-22-53)55-31-29-47-41-63-71(43-49(47)39-55)79-69-37-38-70-74(73(63)69)64-42-48-30-32-56(40-50(48)44-72(64)80-70)76(52-19-7-2-8-20-52)58-34-36-68-62(46-58)60-26-14-16-28-66(60)78(68)54-23-11-4-12-24-54/h1-46H. The molecular weight excluding hydrogens is 977 g/mol. The summed E-state index contributed by atoms with van der Waals surface area (Å²) in [7, 11) is 0. The molecular formula is C74H46N4O2.